The zero-order valence-corrected chi connectivity index (χ0v) is 13.8. The predicted octanol–water partition coefficient (Wildman–Crippen LogP) is 2.44. The predicted molar refractivity (Wildman–Crippen MR) is 87.6 cm³/mol. The highest BCUT2D eigenvalue weighted by Gasteiger charge is 2.21. The van der Waals surface area contributed by atoms with Gasteiger partial charge in [0.25, 0.3) is 0 Å². The molecule has 0 aromatic heterocycles. The molecule has 23 heavy (non-hydrogen) atoms. The van der Waals surface area contributed by atoms with Crippen LogP contribution in [0.4, 0.5) is 8.78 Å². The van der Waals surface area contributed by atoms with Crippen LogP contribution in [0.5, 0.6) is 0 Å². The van der Waals surface area contributed by atoms with E-state index in [1.54, 1.807) is 7.05 Å². The lowest BCUT2D eigenvalue weighted by atomic mass is 10.1. The molecule has 0 heterocycles. The number of benzene rings is 1. The summed E-state index contributed by atoms with van der Waals surface area (Å²) >= 11 is 0. The summed E-state index contributed by atoms with van der Waals surface area (Å²) in [4.78, 5) is 6.13. The van der Waals surface area contributed by atoms with Crippen LogP contribution < -0.4 is 5.32 Å². The minimum Gasteiger partial charge on any atom is -0.379 e. The summed E-state index contributed by atoms with van der Waals surface area (Å²) in [6, 6.07) is 3.92. The third-order valence-corrected chi connectivity index (χ3v) is 3.91. The molecule has 0 spiro atoms. The summed E-state index contributed by atoms with van der Waals surface area (Å²) in [5, 5.41) is 3.12. The zero-order chi connectivity index (χ0) is 16.7. The molecule has 1 N–H and O–H groups in total. The summed E-state index contributed by atoms with van der Waals surface area (Å²) < 4.78 is 32.7. The minimum atomic E-state index is -0.511. The minimum absolute atomic E-state index is 0.103. The topological polar surface area (TPSA) is 36.9 Å². The van der Waals surface area contributed by atoms with Gasteiger partial charge in [-0.3, -0.25) is 4.99 Å². The quantitative estimate of drug-likeness (QED) is 0.453. The molecule has 1 fully saturated rings. The van der Waals surface area contributed by atoms with E-state index >= 15 is 0 Å². The number of aliphatic imine (C=N–C) groups is 1. The van der Waals surface area contributed by atoms with Crippen LogP contribution in [0.2, 0.25) is 0 Å². The first-order valence-corrected chi connectivity index (χ1v) is 8.04. The molecule has 0 amide bonds. The van der Waals surface area contributed by atoms with E-state index in [0.29, 0.717) is 19.1 Å². The number of likely N-dealkylation sites (N-methyl/N-ethyl adjacent to an activating group) is 1. The van der Waals surface area contributed by atoms with Crippen molar-refractivity contribution in [3.63, 3.8) is 0 Å². The number of rotatable bonds is 8. The fourth-order valence-electron chi connectivity index (χ4n) is 2.30. The number of nitrogens with one attached hydrogen (secondary N) is 1. The number of ether oxygens (including phenoxy) is 1. The molecule has 0 aliphatic heterocycles. The van der Waals surface area contributed by atoms with Crippen molar-refractivity contribution < 1.29 is 13.5 Å². The highest BCUT2D eigenvalue weighted by Crippen LogP contribution is 2.28. The molecule has 0 radical (unpaired) electrons. The number of guanidine groups is 1. The Hall–Kier alpha value is -1.69. The van der Waals surface area contributed by atoms with E-state index < -0.39 is 11.6 Å². The van der Waals surface area contributed by atoms with E-state index in [0.717, 1.165) is 19.1 Å². The van der Waals surface area contributed by atoms with Crippen molar-refractivity contribution in [1.29, 1.82) is 0 Å². The monoisotopic (exact) mass is 325 g/mol. The van der Waals surface area contributed by atoms with Gasteiger partial charge in [-0.05, 0) is 37.3 Å². The average molecular weight is 325 g/mol. The van der Waals surface area contributed by atoms with E-state index in [-0.39, 0.29) is 12.0 Å². The molecular formula is C17H25F2N3O. The zero-order valence-electron chi connectivity index (χ0n) is 13.8. The molecule has 0 atom stereocenters. The van der Waals surface area contributed by atoms with Gasteiger partial charge in [-0.2, -0.15) is 0 Å². The lowest BCUT2D eigenvalue weighted by molar-refractivity contribution is 0.115. The third kappa shape index (κ3) is 5.78. The largest absolute Gasteiger partial charge is 0.379 e. The first kappa shape index (κ1) is 17.7. The van der Waals surface area contributed by atoms with Crippen LogP contribution >= 0.6 is 0 Å². The van der Waals surface area contributed by atoms with Crippen molar-refractivity contribution in [2.24, 2.45) is 10.9 Å². The van der Waals surface area contributed by atoms with Gasteiger partial charge in [-0.1, -0.05) is 6.07 Å². The number of hydrogen-bond acceptors (Lipinski definition) is 2. The SMILES string of the molecule is CN=C(NCCc1c(F)cccc1F)N(C)CCOCC1CC1. The maximum Gasteiger partial charge on any atom is 0.193 e. The molecule has 1 aromatic rings. The van der Waals surface area contributed by atoms with E-state index in [9.17, 15) is 8.78 Å². The molecule has 2 rings (SSSR count). The summed E-state index contributed by atoms with van der Waals surface area (Å²) in [6.07, 6.45) is 2.83. The third-order valence-electron chi connectivity index (χ3n) is 3.91. The Morgan fingerprint density at radius 3 is 2.65 bits per heavy atom. The van der Waals surface area contributed by atoms with Crippen LogP contribution in [-0.4, -0.2) is 51.3 Å². The molecule has 4 nitrogen and oxygen atoms in total. The second-order valence-electron chi connectivity index (χ2n) is 5.86. The van der Waals surface area contributed by atoms with E-state index in [1.165, 1.54) is 31.0 Å². The Morgan fingerprint density at radius 2 is 2.04 bits per heavy atom. The molecule has 0 unspecified atom stereocenters. The average Bonchev–Trinajstić information content (AvgIpc) is 3.34. The number of nitrogens with zero attached hydrogens (tertiary/aromatic N) is 2. The van der Waals surface area contributed by atoms with Crippen LogP contribution in [0.1, 0.15) is 18.4 Å². The molecule has 1 aromatic carbocycles. The van der Waals surface area contributed by atoms with Crippen molar-refractivity contribution in [2.45, 2.75) is 19.3 Å². The van der Waals surface area contributed by atoms with Crippen LogP contribution in [0.25, 0.3) is 0 Å². The second-order valence-corrected chi connectivity index (χ2v) is 5.86. The van der Waals surface area contributed by atoms with Crippen molar-refractivity contribution in [1.82, 2.24) is 10.2 Å². The Kier molecular flexibility index (Phi) is 6.77. The van der Waals surface area contributed by atoms with Gasteiger partial charge in [0.05, 0.1) is 6.61 Å². The highest BCUT2D eigenvalue weighted by atomic mass is 19.1. The second kappa shape index (κ2) is 8.82. The van der Waals surface area contributed by atoms with Crippen molar-refractivity contribution in [3.8, 4) is 0 Å². The van der Waals surface area contributed by atoms with Crippen LogP contribution in [0.3, 0.4) is 0 Å². The van der Waals surface area contributed by atoms with Gasteiger partial charge < -0.3 is 15.0 Å². The van der Waals surface area contributed by atoms with Crippen molar-refractivity contribution in [3.05, 3.63) is 35.4 Å². The Labute approximate surface area is 136 Å². The summed E-state index contributed by atoms with van der Waals surface area (Å²) in [5.41, 5.74) is 0.103. The molecule has 1 saturated carbocycles. The molecule has 1 aliphatic carbocycles. The van der Waals surface area contributed by atoms with Gasteiger partial charge in [0, 0.05) is 39.4 Å². The standard InChI is InChI=1S/C17H25F2N3O/c1-20-17(22(2)10-11-23-12-13-6-7-13)21-9-8-14-15(18)4-3-5-16(14)19/h3-5,13H,6-12H2,1-2H3,(H,20,21). The van der Waals surface area contributed by atoms with Crippen LogP contribution in [-0.2, 0) is 11.2 Å². The normalized spacial score (nSPS) is 14.9. The lowest BCUT2D eigenvalue weighted by Crippen LogP contribution is -2.41. The highest BCUT2D eigenvalue weighted by molar-refractivity contribution is 5.79. The van der Waals surface area contributed by atoms with Gasteiger partial charge in [-0.15, -0.1) is 0 Å². The summed E-state index contributed by atoms with van der Waals surface area (Å²) in [5.74, 6) is 0.428. The maximum absolute atomic E-state index is 13.6. The molecule has 0 saturated heterocycles. The number of hydrogen-bond donors (Lipinski definition) is 1. The lowest BCUT2D eigenvalue weighted by Gasteiger charge is -2.22. The Balaban J connectivity index is 1.71. The fraction of sp³-hybridized carbons (Fsp3) is 0.588. The van der Waals surface area contributed by atoms with Crippen LogP contribution in [0.15, 0.2) is 23.2 Å². The summed E-state index contributed by atoms with van der Waals surface area (Å²) in [6.45, 7) is 2.63. The number of halogens is 2. The summed E-state index contributed by atoms with van der Waals surface area (Å²) in [7, 11) is 3.60. The molecule has 1 aliphatic rings. The maximum atomic E-state index is 13.6. The van der Waals surface area contributed by atoms with E-state index in [1.807, 2.05) is 11.9 Å². The first-order valence-electron chi connectivity index (χ1n) is 8.04. The Bertz CT molecular complexity index is 512. The molecular weight excluding hydrogens is 300 g/mol. The van der Waals surface area contributed by atoms with Gasteiger partial charge >= 0.3 is 0 Å². The molecule has 128 valence electrons. The van der Waals surface area contributed by atoms with Crippen molar-refractivity contribution in [2.75, 3.05) is 40.4 Å². The van der Waals surface area contributed by atoms with Crippen molar-refractivity contribution >= 4 is 5.96 Å². The first-order chi connectivity index (χ1) is 11.1. The molecule has 6 heteroatoms. The van der Waals surface area contributed by atoms with Crippen LogP contribution in [0, 0.1) is 17.6 Å². The smallest absolute Gasteiger partial charge is 0.193 e. The van der Waals surface area contributed by atoms with Gasteiger partial charge in [0.1, 0.15) is 11.6 Å². The van der Waals surface area contributed by atoms with E-state index in [2.05, 4.69) is 10.3 Å². The Morgan fingerprint density at radius 1 is 1.35 bits per heavy atom. The fourth-order valence-corrected chi connectivity index (χ4v) is 2.30. The van der Waals surface area contributed by atoms with E-state index in [4.69, 9.17) is 4.74 Å². The van der Waals surface area contributed by atoms with Gasteiger partial charge in [0.15, 0.2) is 5.96 Å². The van der Waals surface area contributed by atoms with Gasteiger partial charge in [-0.25, -0.2) is 8.78 Å². The molecule has 0 bridgehead atoms. The van der Waals surface area contributed by atoms with Gasteiger partial charge in [0.2, 0.25) is 0 Å².